The summed E-state index contributed by atoms with van der Waals surface area (Å²) in [6, 6.07) is 4.17. The standard InChI is InChI=1S/C8H9F2NO3S/c1-5-3-2-4-6(12)7(5)11-15(13,14)8(9)10/h2-4,8,11-12H,1H3. The summed E-state index contributed by atoms with van der Waals surface area (Å²) in [5, 5.41) is 9.26. The lowest BCUT2D eigenvalue weighted by molar-refractivity contribution is 0.236. The first-order chi connectivity index (χ1) is 6.84. The summed E-state index contributed by atoms with van der Waals surface area (Å²) >= 11 is 0. The largest absolute Gasteiger partial charge is 0.506 e. The van der Waals surface area contributed by atoms with Crippen molar-refractivity contribution in [2.75, 3.05) is 4.72 Å². The highest BCUT2D eigenvalue weighted by Crippen LogP contribution is 2.28. The van der Waals surface area contributed by atoms with Crippen LogP contribution in [0.2, 0.25) is 0 Å². The number of hydrogen-bond acceptors (Lipinski definition) is 3. The summed E-state index contributed by atoms with van der Waals surface area (Å²) in [4.78, 5) is 0. The van der Waals surface area contributed by atoms with Crippen molar-refractivity contribution < 1.29 is 22.3 Å². The molecular weight excluding hydrogens is 228 g/mol. The van der Waals surface area contributed by atoms with E-state index in [0.29, 0.717) is 5.56 Å². The van der Waals surface area contributed by atoms with Gasteiger partial charge in [0, 0.05) is 0 Å². The molecule has 0 aromatic heterocycles. The van der Waals surface area contributed by atoms with Crippen LogP contribution in [0.1, 0.15) is 5.56 Å². The molecule has 0 bridgehead atoms. The Morgan fingerprint density at radius 2 is 2.00 bits per heavy atom. The molecule has 0 radical (unpaired) electrons. The Morgan fingerprint density at radius 1 is 1.40 bits per heavy atom. The van der Waals surface area contributed by atoms with Gasteiger partial charge in [0.15, 0.2) is 0 Å². The SMILES string of the molecule is Cc1cccc(O)c1NS(=O)(=O)C(F)F. The van der Waals surface area contributed by atoms with Gasteiger partial charge in [-0.2, -0.15) is 8.78 Å². The zero-order valence-corrected chi connectivity index (χ0v) is 8.55. The maximum atomic E-state index is 12.0. The molecule has 2 N–H and O–H groups in total. The molecule has 0 saturated carbocycles. The molecule has 0 saturated heterocycles. The van der Waals surface area contributed by atoms with Gasteiger partial charge in [-0.1, -0.05) is 12.1 Å². The maximum absolute atomic E-state index is 12.0. The number of aryl methyl sites for hydroxylation is 1. The van der Waals surface area contributed by atoms with Crippen LogP contribution in [0.4, 0.5) is 14.5 Å². The van der Waals surface area contributed by atoms with Crippen molar-refractivity contribution in [1.29, 1.82) is 0 Å². The maximum Gasteiger partial charge on any atom is 0.355 e. The van der Waals surface area contributed by atoms with Crippen molar-refractivity contribution in [2.24, 2.45) is 0 Å². The Labute approximate surface area is 85.6 Å². The van der Waals surface area contributed by atoms with E-state index in [1.807, 2.05) is 0 Å². The van der Waals surface area contributed by atoms with Crippen LogP contribution in [0, 0.1) is 6.92 Å². The summed E-state index contributed by atoms with van der Waals surface area (Å²) in [7, 11) is -4.74. The van der Waals surface area contributed by atoms with Gasteiger partial charge in [-0.25, -0.2) is 8.42 Å². The van der Waals surface area contributed by atoms with Crippen molar-refractivity contribution in [1.82, 2.24) is 0 Å². The van der Waals surface area contributed by atoms with Crippen LogP contribution >= 0.6 is 0 Å². The average molecular weight is 237 g/mol. The Kier molecular flexibility index (Phi) is 3.13. The highest BCUT2D eigenvalue weighted by Gasteiger charge is 2.25. The second-order valence-corrected chi connectivity index (χ2v) is 4.53. The van der Waals surface area contributed by atoms with E-state index in [0.717, 1.165) is 0 Å². The van der Waals surface area contributed by atoms with Gasteiger partial charge < -0.3 is 5.11 Å². The van der Waals surface area contributed by atoms with E-state index in [2.05, 4.69) is 0 Å². The minimum Gasteiger partial charge on any atom is -0.506 e. The molecular formula is C8H9F2NO3S. The topological polar surface area (TPSA) is 66.4 Å². The van der Waals surface area contributed by atoms with Crippen molar-refractivity contribution in [3.63, 3.8) is 0 Å². The van der Waals surface area contributed by atoms with E-state index in [-0.39, 0.29) is 11.4 Å². The number of alkyl halides is 2. The summed E-state index contributed by atoms with van der Waals surface area (Å²) in [6.07, 6.45) is 0. The van der Waals surface area contributed by atoms with Crippen LogP contribution in [0.3, 0.4) is 0 Å². The number of phenols is 1. The molecule has 0 fully saturated rings. The quantitative estimate of drug-likeness (QED) is 0.786. The Morgan fingerprint density at radius 3 is 2.47 bits per heavy atom. The van der Waals surface area contributed by atoms with Crippen LogP contribution in [-0.4, -0.2) is 19.3 Å². The molecule has 15 heavy (non-hydrogen) atoms. The van der Waals surface area contributed by atoms with Crippen molar-refractivity contribution >= 4 is 15.7 Å². The van der Waals surface area contributed by atoms with Crippen LogP contribution in [-0.2, 0) is 10.0 Å². The zero-order valence-electron chi connectivity index (χ0n) is 7.74. The number of anilines is 1. The number of aromatic hydroxyl groups is 1. The number of sulfonamides is 1. The first-order valence-corrected chi connectivity index (χ1v) is 5.47. The fourth-order valence-electron chi connectivity index (χ4n) is 0.972. The van der Waals surface area contributed by atoms with Gasteiger partial charge in [-0.05, 0) is 18.6 Å². The van der Waals surface area contributed by atoms with Crippen molar-refractivity contribution in [2.45, 2.75) is 12.7 Å². The summed E-state index contributed by atoms with van der Waals surface area (Å²) in [5.41, 5.74) is 0.136. The fourth-order valence-corrected chi connectivity index (χ4v) is 1.61. The fraction of sp³-hybridized carbons (Fsp3) is 0.250. The van der Waals surface area contributed by atoms with Gasteiger partial charge in [0.05, 0.1) is 5.69 Å². The lowest BCUT2D eigenvalue weighted by Crippen LogP contribution is -2.21. The molecule has 0 unspecified atom stereocenters. The van der Waals surface area contributed by atoms with Gasteiger partial charge in [0.2, 0.25) is 0 Å². The van der Waals surface area contributed by atoms with E-state index in [1.165, 1.54) is 25.1 Å². The third-order valence-electron chi connectivity index (χ3n) is 1.73. The summed E-state index contributed by atoms with van der Waals surface area (Å²) in [5.74, 6) is -3.92. The predicted octanol–water partition coefficient (Wildman–Crippen LogP) is 1.66. The lowest BCUT2D eigenvalue weighted by Gasteiger charge is -2.10. The molecule has 7 heteroatoms. The first-order valence-electron chi connectivity index (χ1n) is 3.93. The number of halogens is 2. The molecule has 1 aromatic rings. The monoisotopic (exact) mass is 237 g/mol. The number of rotatable bonds is 3. The van der Waals surface area contributed by atoms with Gasteiger partial charge in [0.1, 0.15) is 5.75 Å². The molecule has 0 amide bonds. The number of nitrogens with one attached hydrogen (secondary N) is 1. The van der Waals surface area contributed by atoms with E-state index in [1.54, 1.807) is 4.72 Å². The third kappa shape index (κ3) is 2.56. The zero-order chi connectivity index (χ0) is 11.6. The number of phenolic OH excluding ortho intramolecular Hbond substituents is 1. The van der Waals surface area contributed by atoms with E-state index < -0.39 is 15.8 Å². The van der Waals surface area contributed by atoms with Crippen LogP contribution in [0.25, 0.3) is 0 Å². The molecule has 4 nitrogen and oxygen atoms in total. The molecule has 1 aromatic carbocycles. The van der Waals surface area contributed by atoms with E-state index in [4.69, 9.17) is 0 Å². The van der Waals surface area contributed by atoms with Crippen LogP contribution in [0.5, 0.6) is 5.75 Å². The smallest absolute Gasteiger partial charge is 0.355 e. The summed E-state index contributed by atoms with van der Waals surface area (Å²) < 4.78 is 47.3. The first kappa shape index (κ1) is 11.7. The van der Waals surface area contributed by atoms with Crippen molar-refractivity contribution in [3.8, 4) is 5.75 Å². The Hall–Kier alpha value is -1.37. The molecule has 0 heterocycles. The van der Waals surface area contributed by atoms with Gasteiger partial charge >= 0.3 is 5.76 Å². The molecule has 84 valence electrons. The number of benzene rings is 1. The highest BCUT2D eigenvalue weighted by atomic mass is 32.2. The molecule has 0 spiro atoms. The predicted molar refractivity (Wildman–Crippen MR) is 51.4 cm³/mol. The third-order valence-corrected chi connectivity index (χ3v) is 2.69. The average Bonchev–Trinajstić information content (AvgIpc) is 2.11. The minimum absolute atomic E-state index is 0.224. The van der Waals surface area contributed by atoms with E-state index in [9.17, 15) is 22.3 Å². The van der Waals surface area contributed by atoms with Gasteiger partial charge in [-0.3, -0.25) is 4.72 Å². The van der Waals surface area contributed by atoms with Gasteiger partial charge in [0.25, 0.3) is 10.0 Å². The minimum atomic E-state index is -4.74. The molecule has 1 rings (SSSR count). The van der Waals surface area contributed by atoms with Crippen LogP contribution < -0.4 is 4.72 Å². The second-order valence-electron chi connectivity index (χ2n) is 2.88. The molecule has 0 aliphatic heterocycles. The Balaban J connectivity index is 3.11. The summed E-state index contributed by atoms with van der Waals surface area (Å²) in [6.45, 7) is 1.49. The molecule has 0 aliphatic rings. The van der Waals surface area contributed by atoms with E-state index >= 15 is 0 Å². The lowest BCUT2D eigenvalue weighted by atomic mass is 10.2. The second kappa shape index (κ2) is 4.01. The normalized spacial score (nSPS) is 11.7. The molecule has 0 aliphatic carbocycles. The van der Waals surface area contributed by atoms with Gasteiger partial charge in [-0.15, -0.1) is 0 Å². The van der Waals surface area contributed by atoms with Crippen molar-refractivity contribution in [3.05, 3.63) is 23.8 Å². The molecule has 0 atom stereocenters. The Bertz CT molecular complexity index is 439. The van der Waals surface area contributed by atoms with Crippen LogP contribution in [0.15, 0.2) is 18.2 Å². The number of para-hydroxylation sites is 1. The highest BCUT2D eigenvalue weighted by molar-refractivity contribution is 7.93. The number of hydrogen-bond donors (Lipinski definition) is 2.